The topological polar surface area (TPSA) is 52.3 Å². The number of hydrogen-bond donors (Lipinski definition) is 1. The molecule has 0 aliphatic heterocycles. The molecule has 78 valence electrons. The van der Waals surface area contributed by atoms with E-state index in [0.29, 0.717) is 5.75 Å². The molecule has 0 atom stereocenters. The van der Waals surface area contributed by atoms with Gasteiger partial charge in [0.25, 0.3) is 0 Å². The predicted molar refractivity (Wildman–Crippen MR) is 57.6 cm³/mol. The predicted octanol–water partition coefficient (Wildman–Crippen LogP) is 1.75. The zero-order valence-electron chi connectivity index (χ0n) is 8.19. The molecule has 0 saturated carbocycles. The van der Waals surface area contributed by atoms with Crippen LogP contribution in [0.1, 0.15) is 13.8 Å². The molecule has 0 radical (unpaired) electrons. The molecule has 0 heterocycles. The van der Waals surface area contributed by atoms with Crippen molar-refractivity contribution in [2.75, 3.05) is 0 Å². The summed E-state index contributed by atoms with van der Waals surface area (Å²) in [6.45, 7) is 3.22. The highest BCUT2D eigenvalue weighted by molar-refractivity contribution is 5.85. The molecular formula is C10H14ClNO2. The van der Waals surface area contributed by atoms with Gasteiger partial charge in [0.15, 0.2) is 0 Å². The molecular weight excluding hydrogens is 202 g/mol. The largest absolute Gasteiger partial charge is 0.425 e. The van der Waals surface area contributed by atoms with Crippen molar-refractivity contribution in [1.82, 2.24) is 0 Å². The van der Waals surface area contributed by atoms with Gasteiger partial charge >= 0.3 is 5.97 Å². The summed E-state index contributed by atoms with van der Waals surface area (Å²) < 4.78 is 5.01. The maximum Gasteiger partial charge on any atom is 0.330 e. The lowest BCUT2D eigenvalue weighted by atomic mass is 10.1. The Morgan fingerprint density at radius 2 is 1.79 bits per heavy atom. The highest BCUT2D eigenvalue weighted by Crippen LogP contribution is 2.11. The second kappa shape index (κ2) is 4.98. The number of benzene rings is 1. The van der Waals surface area contributed by atoms with Gasteiger partial charge < -0.3 is 10.5 Å². The SMILES string of the molecule is CC(C)(N)C(=O)Oc1ccccc1.Cl. The van der Waals surface area contributed by atoms with Crippen LogP contribution in [0.4, 0.5) is 0 Å². The molecule has 0 fully saturated rings. The number of ether oxygens (including phenoxy) is 1. The van der Waals surface area contributed by atoms with E-state index in [1.165, 1.54) is 0 Å². The molecule has 0 aromatic heterocycles. The summed E-state index contributed by atoms with van der Waals surface area (Å²) in [6, 6.07) is 8.87. The molecule has 0 spiro atoms. The number of rotatable bonds is 2. The van der Waals surface area contributed by atoms with Crippen molar-refractivity contribution in [2.24, 2.45) is 5.73 Å². The van der Waals surface area contributed by atoms with Crippen molar-refractivity contribution in [1.29, 1.82) is 0 Å². The third-order valence-corrected chi connectivity index (χ3v) is 1.48. The van der Waals surface area contributed by atoms with Gasteiger partial charge in [-0.25, -0.2) is 4.79 Å². The first kappa shape index (κ1) is 12.9. The molecule has 0 unspecified atom stereocenters. The lowest BCUT2D eigenvalue weighted by Gasteiger charge is -2.16. The van der Waals surface area contributed by atoms with Gasteiger partial charge in [-0.05, 0) is 26.0 Å². The van der Waals surface area contributed by atoms with Crippen molar-refractivity contribution in [3.05, 3.63) is 30.3 Å². The summed E-state index contributed by atoms with van der Waals surface area (Å²) in [6.07, 6.45) is 0. The minimum Gasteiger partial charge on any atom is -0.425 e. The van der Waals surface area contributed by atoms with Gasteiger partial charge in [-0.2, -0.15) is 0 Å². The van der Waals surface area contributed by atoms with Crippen LogP contribution in [-0.4, -0.2) is 11.5 Å². The molecule has 1 rings (SSSR count). The number of halogens is 1. The highest BCUT2D eigenvalue weighted by Gasteiger charge is 2.24. The molecule has 3 nitrogen and oxygen atoms in total. The fourth-order valence-corrected chi connectivity index (χ4v) is 0.727. The van der Waals surface area contributed by atoms with Crippen LogP contribution in [0.15, 0.2) is 30.3 Å². The van der Waals surface area contributed by atoms with E-state index in [-0.39, 0.29) is 12.4 Å². The Morgan fingerprint density at radius 1 is 1.29 bits per heavy atom. The quantitative estimate of drug-likeness (QED) is 0.604. The second-order valence-electron chi connectivity index (χ2n) is 3.42. The van der Waals surface area contributed by atoms with Gasteiger partial charge in [0.05, 0.1) is 0 Å². The van der Waals surface area contributed by atoms with Gasteiger partial charge in [-0.3, -0.25) is 0 Å². The standard InChI is InChI=1S/C10H13NO2.ClH/c1-10(2,11)9(12)13-8-6-4-3-5-7-8;/h3-7H,11H2,1-2H3;1H. The molecule has 0 aliphatic rings. The lowest BCUT2D eigenvalue weighted by Crippen LogP contribution is -2.44. The van der Waals surface area contributed by atoms with Gasteiger partial charge in [-0.15, -0.1) is 12.4 Å². The number of carbonyl (C=O) groups is 1. The Kier molecular flexibility index (Phi) is 4.60. The molecule has 14 heavy (non-hydrogen) atoms. The normalized spacial score (nSPS) is 10.2. The van der Waals surface area contributed by atoms with Crippen LogP contribution in [0.5, 0.6) is 5.75 Å². The maximum absolute atomic E-state index is 11.3. The van der Waals surface area contributed by atoms with E-state index in [9.17, 15) is 4.79 Å². The number of nitrogens with two attached hydrogens (primary N) is 1. The molecule has 2 N–H and O–H groups in total. The van der Waals surface area contributed by atoms with Crippen molar-refractivity contribution >= 4 is 18.4 Å². The van der Waals surface area contributed by atoms with Crippen LogP contribution < -0.4 is 10.5 Å². The first-order valence-electron chi connectivity index (χ1n) is 4.06. The van der Waals surface area contributed by atoms with Crippen molar-refractivity contribution in [3.8, 4) is 5.75 Å². The number of carbonyl (C=O) groups excluding carboxylic acids is 1. The van der Waals surface area contributed by atoms with E-state index >= 15 is 0 Å². The van der Waals surface area contributed by atoms with E-state index in [0.717, 1.165) is 0 Å². The van der Waals surface area contributed by atoms with E-state index < -0.39 is 11.5 Å². The Balaban J connectivity index is 0.00000169. The van der Waals surface area contributed by atoms with E-state index in [1.54, 1.807) is 38.1 Å². The van der Waals surface area contributed by atoms with Crippen molar-refractivity contribution in [3.63, 3.8) is 0 Å². The summed E-state index contributed by atoms with van der Waals surface area (Å²) in [4.78, 5) is 11.3. The van der Waals surface area contributed by atoms with Gasteiger partial charge in [0.1, 0.15) is 11.3 Å². The van der Waals surface area contributed by atoms with Crippen LogP contribution in [0.25, 0.3) is 0 Å². The average Bonchev–Trinajstić information content (AvgIpc) is 2.04. The van der Waals surface area contributed by atoms with Gasteiger partial charge in [-0.1, -0.05) is 18.2 Å². The van der Waals surface area contributed by atoms with Crippen molar-refractivity contribution < 1.29 is 9.53 Å². The summed E-state index contributed by atoms with van der Waals surface area (Å²) in [5.74, 6) is 0.0877. The number of hydrogen-bond acceptors (Lipinski definition) is 3. The first-order valence-corrected chi connectivity index (χ1v) is 4.06. The van der Waals surface area contributed by atoms with E-state index in [1.807, 2.05) is 6.07 Å². The smallest absolute Gasteiger partial charge is 0.330 e. The van der Waals surface area contributed by atoms with Gasteiger partial charge in [0.2, 0.25) is 0 Å². The minimum absolute atomic E-state index is 0. The van der Waals surface area contributed by atoms with Crippen LogP contribution in [-0.2, 0) is 4.79 Å². The summed E-state index contributed by atoms with van der Waals surface area (Å²) in [5, 5.41) is 0. The van der Waals surface area contributed by atoms with Crippen LogP contribution in [0, 0.1) is 0 Å². The van der Waals surface area contributed by atoms with Crippen LogP contribution in [0.3, 0.4) is 0 Å². The molecule has 4 heteroatoms. The average molecular weight is 216 g/mol. The molecule has 1 aromatic rings. The molecule has 0 aliphatic carbocycles. The summed E-state index contributed by atoms with van der Waals surface area (Å²) in [5.41, 5.74) is 4.60. The fraction of sp³-hybridized carbons (Fsp3) is 0.300. The molecule has 0 amide bonds. The second-order valence-corrected chi connectivity index (χ2v) is 3.42. The first-order chi connectivity index (χ1) is 6.00. The van der Waals surface area contributed by atoms with Gasteiger partial charge in [0, 0.05) is 0 Å². The minimum atomic E-state index is -0.949. The maximum atomic E-state index is 11.3. The molecule has 1 aromatic carbocycles. The van der Waals surface area contributed by atoms with Crippen molar-refractivity contribution in [2.45, 2.75) is 19.4 Å². The lowest BCUT2D eigenvalue weighted by molar-refractivity contribution is -0.139. The zero-order valence-corrected chi connectivity index (χ0v) is 9.01. The highest BCUT2D eigenvalue weighted by atomic mass is 35.5. The van der Waals surface area contributed by atoms with E-state index in [4.69, 9.17) is 10.5 Å². The fourth-order valence-electron chi connectivity index (χ4n) is 0.727. The monoisotopic (exact) mass is 215 g/mol. The Bertz CT molecular complexity index is 293. The Hall–Kier alpha value is -1.06. The zero-order chi connectivity index (χ0) is 9.90. The van der Waals surface area contributed by atoms with E-state index in [2.05, 4.69) is 0 Å². The van der Waals surface area contributed by atoms with Crippen LogP contribution >= 0.6 is 12.4 Å². The number of para-hydroxylation sites is 1. The Morgan fingerprint density at radius 3 is 2.21 bits per heavy atom. The Labute approximate surface area is 89.7 Å². The number of esters is 1. The van der Waals surface area contributed by atoms with Crippen LogP contribution in [0.2, 0.25) is 0 Å². The third-order valence-electron chi connectivity index (χ3n) is 1.48. The molecule has 0 bridgehead atoms. The third kappa shape index (κ3) is 3.77. The summed E-state index contributed by atoms with van der Waals surface area (Å²) >= 11 is 0. The molecule has 0 saturated heterocycles. The summed E-state index contributed by atoms with van der Waals surface area (Å²) in [7, 11) is 0.